The van der Waals surface area contributed by atoms with Gasteiger partial charge in [-0.05, 0) is 51.3 Å². The van der Waals surface area contributed by atoms with Crippen LogP contribution < -0.4 is 10.6 Å². The van der Waals surface area contributed by atoms with Crippen LogP contribution in [-0.4, -0.2) is 55.2 Å². The van der Waals surface area contributed by atoms with Crippen LogP contribution in [-0.2, 0) is 5.60 Å². The van der Waals surface area contributed by atoms with Crippen molar-refractivity contribution < 1.29 is 5.11 Å². The molecule has 0 fully saturated rings. The summed E-state index contributed by atoms with van der Waals surface area (Å²) in [6.45, 7) is 13.5. The molecule has 1 heterocycles. The minimum atomic E-state index is -0.919. The number of aliphatic hydroxyl groups is 1. The summed E-state index contributed by atoms with van der Waals surface area (Å²) in [4.78, 5) is 7.89. The summed E-state index contributed by atoms with van der Waals surface area (Å²) in [6, 6.07) is 3.90. The molecule has 3 N–H and O–H groups in total. The quantitative estimate of drug-likeness (QED) is 0.214. The molecule has 5 nitrogen and oxygen atoms in total. The minimum Gasteiger partial charge on any atom is -0.383 e. The van der Waals surface area contributed by atoms with E-state index in [0.29, 0.717) is 6.54 Å². The van der Waals surface area contributed by atoms with E-state index in [-0.39, 0.29) is 24.0 Å². The normalized spacial score (nSPS) is 14.2. The van der Waals surface area contributed by atoms with Gasteiger partial charge in [-0.15, -0.1) is 35.3 Å². The Morgan fingerprint density at radius 3 is 2.54 bits per heavy atom. The van der Waals surface area contributed by atoms with Gasteiger partial charge in [-0.25, -0.2) is 4.99 Å². The summed E-state index contributed by atoms with van der Waals surface area (Å²) in [6.07, 6.45) is 1.08. The molecule has 0 aromatic carbocycles. The number of rotatable bonds is 10. The molecule has 7 heteroatoms. The lowest BCUT2D eigenvalue weighted by Gasteiger charge is -2.21. The van der Waals surface area contributed by atoms with Crippen LogP contribution in [0.1, 0.15) is 39.0 Å². The van der Waals surface area contributed by atoms with E-state index in [1.165, 1.54) is 0 Å². The van der Waals surface area contributed by atoms with E-state index in [0.717, 1.165) is 50.0 Å². The number of nitrogens with one attached hydrogen (secondary N) is 2. The van der Waals surface area contributed by atoms with Gasteiger partial charge in [-0.2, -0.15) is 0 Å². The molecule has 0 saturated carbocycles. The van der Waals surface area contributed by atoms with Crippen molar-refractivity contribution in [2.24, 2.45) is 4.99 Å². The molecule has 24 heavy (non-hydrogen) atoms. The van der Waals surface area contributed by atoms with Gasteiger partial charge < -0.3 is 20.6 Å². The third-order valence-corrected chi connectivity index (χ3v) is 4.90. The smallest absolute Gasteiger partial charge is 0.191 e. The first-order chi connectivity index (χ1) is 11.0. The summed E-state index contributed by atoms with van der Waals surface area (Å²) in [5.41, 5.74) is -0.919. The highest BCUT2D eigenvalue weighted by molar-refractivity contribution is 14.0. The first kappa shape index (κ1) is 23.6. The van der Waals surface area contributed by atoms with Gasteiger partial charge in [0.05, 0.1) is 6.54 Å². The summed E-state index contributed by atoms with van der Waals surface area (Å²) in [5, 5.41) is 19.1. The van der Waals surface area contributed by atoms with Crippen molar-refractivity contribution in [1.82, 2.24) is 15.5 Å². The number of hydrogen-bond acceptors (Lipinski definition) is 4. The Balaban J connectivity index is 0.00000529. The zero-order valence-electron chi connectivity index (χ0n) is 15.3. The van der Waals surface area contributed by atoms with Crippen LogP contribution in [0.4, 0.5) is 0 Å². The predicted octanol–water partition coefficient (Wildman–Crippen LogP) is 2.86. The van der Waals surface area contributed by atoms with Crippen molar-refractivity contribution in [1.29, 1.82) is 0 Å². The first-order valence-electron chi connectivity index (χ1n) is 8.54. The largest absolute Gasteiger partial charge is 0.383 e. The molecule has 1 atom stereocenters. The van der Waals surface area contributed by atoms with Gasteiger partial charge >= 0.3 is 0 Å². The van der Waals surface area contributed by atoms with Crippen molar-refractivity contribution in [3.63, 3.8) is 0 Å². The number of aliphatic imine (C=N–C) groups is 1. The second kappa shape index (κ2) is 12.9. The lowest BCUT2D eigenvalue weighted by Crippen LogP contribution is -2.40. The van der Waals surface area contributed by atoms with Crippen molar-refractivity contribution in [2.75, 3.05) is 39.3 Å². The Morgan fingerprint density at radius 1 is 1.29 bits per heavy atom. The topological polar surface area (TPSA) is 59.9 Å². The Bertz CT molecular complexity index is 447. The zero-order valence-corrected chi connectivity index (χ0v) is 18.5. The van der Waals surface area contributed by atoms with E-state index in [1.54, 1.807) is 11.3 Å². The van der Waals surface area contributed by atoms with Crippen LogP contribution in [0.5, 0.6) is 0 Å². The maximum Gasteiger partial charge on any atom is 0.191 e. The Hall–Kier alpha value is -0.380. The lowest BCUT2D eigenvalue weighted by atomic mass is 10.1. The zero-order chi connectivity index (χ0) is 17.1. The summed E-state index contributed by atoms with van der Waals surface area (Å²) < 4.78 is 0. The van der Waals surface area contributed by atoms with Crippen LogP contribution in [0.2, 0.25) is 0 Å². The average Bonchev–Trinajstić information content (AvgIpc) is 3.08. The van der Waals surface area contributed by atoms with E-state index in [2.05, 4.69) is 34.4 Å². The molecule has 1 aromatic heterocycles. The molecule has 0 spiro atoms. The average molecular weight is 468 g/mol. The minimum absolute atomic E-state index is 0. The van der Waals surface area contributed by atoms with Crippen LogP contribution in [0, 0.1) is 0 Å². The fourth-order valence-electron chi connectivity index (χ4n) is 2.29. The Morgan fingerprint density at radius 2 is 2.00 bits per heavy atom. The van der Waals surface area contributed by atoms with E-state index >= 15 is 0 Å². The van der Waals surface area contributed by atoms with Crippen LogP contribution >= 0.6 is 35.3 Å². The molecular weight excluding hydrogens is 435 g/mol. The molecule has 140 valence electrons. The summed E-state index contributed by atoms with van der Waals surface area (Å²) in [5.74, 6) is 0.767. The summed E-state index contributed by atoms with van der Waals surface area (Å²) >= 11 is 1.56. The lowest BCUT2D eigenvalue weighted by molar-refractivity contribution is 0.0711. The monoisotopic (exact) mass is 468 g/mol. The second-order valence-corrected chi connectivity index (χ2v) is 6.70. The molecule has 0 bridgehead atoms. The van der Waals surface area contributed by atoms with Gasteiger partial charge in [0.2, 0.25) is 0 Å². The van der Waals surface area contributed by atoms with Crippen LogP contribution in [0.25, 0.3) is 0 Å². The molecule has 0 aliphatic carbocycles. The maximum atomic E-state index is 10.5. The third-order valence-electron chi connectivity index (χ3n) is 3.78. The highest BCUT2D eigenvalue weighted by atomic mass is 127. The van der Waals surface area contributed by atoms with E-state index in [1.807, 2.05) is 31.4 Å². The molecular formula is C17H33IN4OS. The molecule has 0 saturated heterocycles. The molecule has 0 radical (unpaired) electrons. The van der Waals surface area contributed by atoms with Gasteiger partial charge in [-0.1, -0.05) is 19.9 Å². The summed E-state index contributed by atoms with van der Waals surface area (Å²) in [7, 11) is 0. The van der Waals surface area contributed by atoms with E-state index < -0.39 is 5.60 Å². The molecule has 1 aromatic rings. The van der Waals surface area contributed by atoms with Crippen molar-refractivity contribution >= 4 is 41.3 Å². The van der Waals surface area contributed by atoms with E-state index in [4.69, 9.17) is 0 Å². The van der Waals surface area contributed by atoms with Crippen LogP contribution in [0.3, 0.4) is 0 Å². The molecule has 1 rings (SSSR count). The number of nitrogens with zero attached hydrogens (tertiary/aromatic N) is 2. The van der Waals surface area contributed by atoms with Crippen molar-refractivity contribution in [3.8, 4) is 0 Å². The van der Waals surface area contributed by atoms with Crippen molar-refractivity contribution in [2.45, 2.75) is 39.7 Å². The number of guanidine groups is 1. The number of halogens is 1. The first-order valence-corrected chi connectivity index (χ1v) is 9.42. The van der Waals surface area contributed by atoms with Gasteiger partial charge in [0.1, 0.15) is 5.60 Å². The molecule has 0 aliphatic rings. The Labute approximate surface area is 168 Å². The standard InChI is InChI=1S/C17H32N4OS.HI/c1-5-18-16(19-11-9-12-21(6-2)7-3)20-14-17(4,22)15-10-8-13-23-15;/h8,10,13,22H,5-7,9,11-12,14H2,1-4H3,(H2,18,19,20);1H. The van der Waals surface area contributed by atoms with Gasteiger partial charge in [0.25, 0.3) is 0 Å². The van der Waals surface area contributed by atoms with E-state index in [9.17, 15) is 5.11 Å². The highest BCUT2D eigenvalue weighted by Crippen LogP contribution is 2.25. The van der Waals surface area contributed by atoms with Gasteiger partial charge in [-0.3, -0.25) is 0 Å². The fraction of sp³-hybridized carbons (Fsp3) is 0.706. The highest BCUT2D eigenvalue weighted by Gasteiger charge is 2.23. The van der Waals surface area contributed by atoms with Gasteiger partial charge in [0.15, 0.2) is 5.96 Å². The molecule has 0 amide bonds. The van der Waals surface area contributed by atoms with Crippen molar-refractivity contribution in [3.05, 3.63) is 22.4 Å². The van der Waals surface area contributed by atoms with Gasteiger partial charge in [0, 0.05) is 18.0 Å². The number of thiophene rings is 1. The maximum absolute atomic E-state index is 10.5. The SMILES string of the molecule is CCNC(=NCC(C)(O)c1cccs1)NCCCN(CC)CC.I. The van der Waals surface area contributed by atoms with Crippen LogP contribution in [0.15, 0.2) is 22.5 Å². The Kier molecular flexibility index (Phi) is 12.7. The fourth-order valence-corrected chi connectivity index (χ4v) is 3.07. The molecule has 1 unspecified atom stereocenters. The predicted molar refractivity (Wildman–Crippen MR) is 116 cm³/mol. The second-order valence-electron chi connectivity index (χ2n) is 5.75. The number of hydrogen-bond donors (Lipinski definition) is 3. The third kappa shape index (κ3) is 8.64. The molecule has 0 aliphatic heterocycles.